The SMILES string of the molecule is CCCCNC(=O)[C@H](Cc1ccccc1)N(Cc1ccc(Cl)c(Cl)c1)C(=O)CN(c1c(C)cccc1C)S(C)(=O)=O. The summed E-state index contributed by atoms with van der Waals surface area (Å²) in [5.74, 6) is -0.829. The van der Waals surface area contributed by atoms with Crippen LogP contribution in [0.25, 0.3) is 0 Å². The Kier molecular flexibility index (Phi) is 11.6. The number of unbranched alkanes of at least 4 members (excludes halogenated alkanes) is 1. The molecule has 7 nitrogen and oxygen atoms in total. The number of aryl methyl sites for hydroxylation is 2. The van der Waals surface area contributed by atoms with Gasteiger partial charge >= 0.3 is 0 Å². The third-order valence-electron chi connectivity index (χ3n) is 6.81. The number of amides is 2. The summed E-state index contributed by atoms with van der Waals surface area (Å²) in [6.45, 7) is 5.65. The number of benzene rings is 3. The Hall–Kier alpha value is -3.07. The van der Waals surface area contributed by atoms with Gasteiger partial charge in [0.1, 0.15) is 12.6 Å². The molecule has 41 heavy (non-hydrogen) atoms. The summed E-state index contributed by atoms with van der Waals surface area (Å²) >= 11 is 12.4. The van der Waals surface area contributed by atoms with E-state index in [4.69, 9.17) is 23.2 Å². The lowest BCUT2D eigenvalue weighted by Crippen LogP contribution is -2.53. The normalized spacial score (nSPS) is 12.0. The second-order valence-corrected chi connectivity index (χ2v) is 12.9. The highest BCUT2D eigenvalue weighted by molar-refractivity contribution is 7.92. The Labute approximate surface area is 253 Å². The quantitative estimate of drug-likeness (QED) is 0.241. The number of hydrogen-bond acceptors (Lipinski definition) is 4. The van der Waals surface area contributed by atoms with Crippen molar-refractivity contribution in [1.29, 1.82) is 0 Å². The van der Waals surface area contributed by atoms with Crippen molar-refractivity contribution in [2.24, 2.45) is 0 Å². The summed E-state index contributed by atoms with van der Waals surface area (Å²) in [4.78, 5) is 29.3. The Balaban J connectivity index is 2.09. The van der Waals surface area contributed by atoms with Gasteiger partial charge in [0, 0.05) is 19.5 Å². The second-order valence-electron chi connectivity index (χ2n) is 10.1. The minimum atomic E-state index is -3.85. The molecule has 2 amide bonds. The van der Waals surface area contributed by atoms with Crippen LogP contribution in [0.3, 0.4) is 0 Å². The zero-order chi connectivity index (χ0) is 30.2. The van der Waals surface area contributed by atoms with E-state index in [1.165, 1.54) is 4.90 Å². The number of rotatable bonds is 13. The number of carbonyl (C=O) groups excluding carboxylic acids is 2. The van der Waals surface area contributed by atoms with Gasteiger partial charge in [0.15, 0.2) is 0 Å². The average Bonchev–Trinajstić information content (AvgIpc) is 2.92. The van der Waals surface area contributed by atoms with Crippen LogP contribution in [0.1, 0.15) is 42.0 Å². The predicted molar refractivity (Wildman–Crippen MR) is 167 cm³/mol. The van der Waals surface area contributed by atoms with Gasteiger partial charge in [-0.05, 0) is 54.7 Å². The molecule has 1 atom stereocenters. The van der Waals surface area contributed by atoms with Gasteiger partial charge in [0.25, 0.3) is 0 Å². The molecule has 220 valence electrons. The number of hydrogen-bond donors (Lipinski definition) is 1. The zero-order valence-corrected chi connectivity index (χ0v) is 26.2. The highest BCUT2D eigenvalue weighted by Gasteiger charge is 2.33. The number of sulfonamides is 1. The fraction of sp³-hybridized carbons (Fsp3) is 0.355. The van der Waals surface area contributed by atoms with E-state index in [1.54, 1.807) is 44.2 Å². The Bertz CT molecular complexity index is 1450. The van der Waals surface area contributed by atoms with Crippen LogP contribution in [0.2, 0.25) is 10.0 Å². The molecule has 3 aromatic carbocycles. The van der Waals surface area contributed by atoms with E-state index < -0.39 is 28.5 Å². The number of carbonyl (C=O) groups is 2. The molecule has 0 spiro atoms. The summed E-state index contributed by atoms with van der Waals surface area (Å²) in [6, 6.07) is 19.0. The van der Waals surface area contributed by atoms with E-state index in [-0.39, 0.29) is 18.9 Å². The fourth-order valence-corrected chi connectivity index (χ4v) is 5.95. The van der Waals surface area contributed by atoms with Crippen molar-refractivity contribution in [2.75, 3.05) is 23.7 Å². The molecule has 10 heteroatoms. The lowest BCUT2D eigenvalue weighted by molar-refractivity contribution is -0.140. The van der Waals surface area contributed by atoms with Crippen molar-refractivity contribution in [1.82, 2.24) is 10.2 Å². The number of halogens is 2. The molecule has 0 unspecified atom stereocenters. The molecule has 0 aliphatic carbocycles. The van der Waals surface area contributed by atoms with Crippen molar-refractivity contribution in [3.05, 3.63) is 99.0 Å². The summed E-state index contributed by atoms with van der Waals surface area (Å²) in [5, 5.41) is 3.65. The molecule has 0 fully saturated rings. The monoisotopic (exact) mass is 617 g/mol. The Morgan fingerprint density at radius 3 is 2.15 bits per heavy atom. The Morgan fingerprint density at radius 1 is 0.902 bits per heavy atom. The number of nitrogens with zero attached hydrogens (tertiary/aromatic N) is 2. The van der Waals surface area contributed by atoms with Crippen LogP contribution in [0.15, 0.2) is 66.7 Å². The lowest BCUT2D eigenvalue weighted by atomic mass is 10.0. The minimum absolute atomic E-state index is 0.0266. The molecule has 0 saturated heterocycles. The van der Waals surface area contributed by atoms with Crippen molar-refractivity contribution < 1.29 is 18.0 Å². The fourth-order valence-electron chi connectivity index (χ4n) is 4.67. The van der Waals surface area contributed by atoms with Crippen LogP contribution in [-0.2, 0) is 32.6 Å². The smallest absolute Gasteiger partial charge is 0.244 e. The van der Waals surface area contributed by atoms with Gasteiger partial charge in [-0.3, -0.25) is 13.9 Å². The van der Waals surface area contributed by atoms with Crippen LogP contribution >= 0.6 is 23.2 Å². The van der Waals surface area contributed by atoms with Gasteiger partial charge < -0.3 is 10.2 Å². The topological polar surface area (TPSA) is 86.8 Å². The van der Waals surface area contributed by atoms with Crippen LogP contribution < -0.4 is 9.62 Å². The van der Waals surface area contributed by atoms with Gasteiger partial charge in [-0.1, -0.05) is 91.1 Å². The van der Waals surface area contributed by atoms with Crippen LogP contribution in [0.4, 0.5) is 5.69 Å². The summed E-state index contributed by atoms with van der Waals surface area (Å²) in [5.41, 5.74) is 3.41. The van der Waals surface area contributed by atoms with Crippen molar-refractivity contribution in [3.63, 3.8) is 0 Å². The maximum Gasteiger partial charge on any atom is 0.244 e. The van der Waals surface area contributed by atoms with Gasteiger partial charge in [-0.2, -0.15) is 0 Å². The second kappa shape index (κ2) is 14.7. The van der Waals surface area contributed by atoms with E-state index in [2.05, 4.69) is 5.32 Å². The van der Waals surface area contributed by atoms with E-state index >= 15 is 0 Å². The summed E-state index contributed by atoms with van der Waals surface area (Å²) in [7, 11) is -3.85. The predicted octanol–water partition coefficient (Wildman–Crippen LogP) is 5.93. The van der Waals surface area contributed by atoms with Gasteiger partial charge in [0.2, 0.25) is 21.8 Å². The molecule has 0 aliphatic rings. The third-order valence-corrected chi connectivity index (χ3v) is 8.66. The van der Waals surface area contributed by atoms with Crippen molar-refractivity contribution >= 4 is 50.7 Å². The first kappa shape index (κ1) is 32.4. The first-order chi connectivity index (χ1) is 19.4. The zero-order valence-electron chi connectivity index (χ0n) is 23.9. The maximum atomic E-state index is 14.2. The standard InChI is InChI=1S/C31H37Cl2N3O4S/c1-5-6-17-34-31(38)28(19-24-13-8-7-9-14-24)35(20-25-15-16-26(32)27(33)18-25)29(37)21-36(41(4,39)40)30-22(2)11-10-12-23(30)3/h7-16,18,28H,5-6,17,19-21H2,1-4H3,(H,34,38)/t28-/m0/s1. The maximum absolute atomic E-state index is 14.2. The number of nitrogens with one attached hydrogen (secondary N) is 1. The highest BCUT2D eigenvalue weighted by atomic mass is 35.5. The molecule has 0 saturated carbocycles. The first-order valence-corrected chi connectivity index (χ1v) is 16.1. The van der Waals surface area contributed by atoms with Crippen LogP contribution in [0, 0.1) is 13.8 Å². The van der Waals surface area contributed by atoms with Gasteiger partial charge in [-0.15, -0.1) is 0 Å². The molecule has 0 bridgehead atoms. The van der Waals surface area contributed by atoms with Gasteiger partial charge in [-0.25, -0.2) is 8.42 Å². The van der Waals surface area contributed by atoms with Crippen LogP contribution in [-0.4, -0.2) is 50.5 Å². The third kappa shape index (κ3) is 8.96. The van der Waals surface area contributed by atoms with E-state index in [9.17, 15) is 18.0 Å². The molecule has 0 aromatic heterocycles. The average molecular weight is 619 g/mol. The first-order valence-electron chi connectivity index (χ1n) is 13.5. The summed E-state index contributed by atoms with van der Waals surface area (Å²) in [6.07, 6.45) is 3.01. The van der Waals surface area contributed by atoms with Gasteiger partial charge in [0.05, 0.1) is 22.0 Å². The lowest BCUT2D eigenvalue weighted by Gasteiger charge is -2.34. The summed E-state index contributed by atoms with van der Waals surface area (Å²) < 4.78 is 27.2. The number of para-hydroxylation sites is 1. The number of anilines is 1. The minimum Gasteiger partial charge on any atom is -0.354 e. The molecule has 0 aliphatic heterocycles. The van der Waals surface area contributed by atoms with E-state index in [0.29, 0.717) is 27.8 Å². The Morgan fingerprint density at radius 2 is 1.56 bits per heavy atom. The van der Waals surface area contributed by atoms with E-state index in [1.807, 2.05) is 43.3 Å². The van der Waals surface area contributed by atoms with E-state index in [0.717, 1.165) is 40.1 Å². The van der Waals surface area contributed by atoms with Crippen LogP contribution in [0.5, 0.6) is 0 Å². The molecule has 3 aromatic rings. The highest BCUT2D eigenvalue weighted by Crippen LogP contribution is 2.28. The molecule has 1 N–H and O–H groups in total. The molecule has 3 rings (SSSR count). The largest absolute Gasteiger partial charge is 0.354 e. The molecular formula is C31H37Cl2N3O4S. The molecule has 0 heterocycles. The molecule has 0 radical (unpaired) electrons. The molecular weight excluding hydrogens is 581 g/mol. The van der Waals surface area contributed by atoms with Crippen molar-refractivity contribution in [3.8, 4) is 0 Å². The van der Waals surface area contributed by atoms with Crippen molar-refractivity contribution in [2.45, 2.75) is 52.6 Å².